The molecule has 1 aromatic rings. The highest BCUT2D eigenvalue weighted by atomic mass is 19.3. The molecule has 0 aliphatic rings. The molecule has 5 heteroatoms. The molecule has 1 heterocycles. The summed E-state index contributed by atoms with van der Waals surface area (Å²) in [4.78, 5) is 14.8. The normalized spacial score (nSPS) is 11.6. The molecule has 3 nitrogen and oxygen atoms in total. The van der Waals surface area contributed by atoms with Crippen LogP contribution in [0.5, 0.6) is 0 Å². The van der Waals surface area contributed by atoms with E-state index in [2.05, 4.69) is 4.98 Å². The van der Waals surface area contributed by atoms with Crippen LogP contribution in [0.15, 0.2) is 6.07 Å². The Bertz CT molecular complexity index is 459. The molecule has 0 aliphatic carbocycles. The van der Waals surface area contributed by atoms with Gasteiger partial charge in [-0.3, -0.25) is 4.98 Å². The molecule has 0 unspecified atom stereocenters. The van der Waals surface area contributed by atoms with Gasteiger partial charge in [0, 0.05) is 6.42 Å². The van der Waals surface area contributed by atoms with E-state index in [1.807, 2.05) is 0 Å². The number of carboxylic acid groups (broad SMARTS) is 1. The van der Waals surface area contributed by atoms with Gasteiger partial charge in [-0.2, -0.15) is 8.78 Å². The quantitative estimate of drug-likeness (QED) is 0.877. The van der Waals surface area contributed by atoms with Crippen LogP contribution in [0.2, 0.25) is 0 Å². The average Bonchev–Trinajstić information content (AvgIpc) is 2.27. The lowest BCUT2D eigenvalue weighted by Gasteiger charge is -2.17. The average molecular weight is 257 g/mol. The van der Waals surface area contributed by atoms with E-state index < -0.39 is 11.9 Å². The van der Waals surface area contributed by atoms with Gasteiger partial charge in [-0.05, 0) is 25.0 Å². The lowest BCUT2D eigenvalue weighted by Crippen LogP contribution is -2.18. The SMILES string of the molecule is CCCC(F)(F)c1cc(CC)c(C(=O)O)c(C)n1. The van der Waals surface area contributed by atoms with Crippen molar-refractivity contribution in [3.05, 3.63) is 28.6 Å². The van der Waals surface area contributed by atoms with Gasteiger partial charge in [-0.1, -0.05) is 20.3 Å². The number of carboxylic acids is 1. The van der Waals surface area contributed by atoms with E-state index in [1.54, 1.807) is 13.8 Å². The van der Waals surface area contributed by atoms with E-state index >= 15 is 0 Å². The molecule has 0 spiro atoms. The van der Waals surface area contributed by atoms with Crippen molar-refractivity contribution < 1.29 is 18.7 Å². The molecular weight excluding hydrogens is 240 g/mol. The third-order valence-corrected chi connectivity index (χ3v) is 2.82. The molecule has 1 aromatic heterocycles. The van der Waals surface area contributed by atoms with Crippen LogP contribution in [0.25, 0.3) is 0 Å². The summed E-state index contributed by atoms with van der Waals surface area (Å²) in [6.07, 6.45) is 0.449. The van der Waals surface area contributed by atoms with Crippen molar-refractivity contribution in [2.24, 2.45) is 0 Å². The summed E-state index contributed by atoms with van der Waals surface area (Å²) in [7, 11) is 0. The number of aromatic carboxylic acids is 1. The third kappa shape index (κ3) is 2.83. The Morgan fingerprint density at radius 2 is 2.06 bits per heavy atom. The number of alkyl halides is 2. The molecule has 0 saturated carbocycles. The summed E-state index contributed by atoms with van der Waals surface area (Å²) in [5.74, 6) is -4.12. The molecule has 0 amide bonds. The summed E-state index contributed by atoms with van der Waals surface area (Å²) < 4.78 is 27.6. The van der Waals surface area contributed by atoms with Gasteiger partial charge in [-0.15, -0.1) is 0 Å². The van der Waals surface area contributed by atoms with Crippen LogP contribution in [0.1, 0.15) is 54.0 Å². The summed E-state index contributed by atoms with van der Waals surface area (Å²) in [6.45, 7) is 4.87. The second-order valence-corrected chi connectivity index (χ2v) is 4.24. The molecule has 0 fully saturated rings. The van der Waals surface area contributed by atoms with Crippen LogP contribution >= 0.6 is 0 Å². The van der Waals surface area contributed by atoms with Gasteiger partial charge in [0.15, 0.2) is 0 Å². The Balaban J connectivity index is 3.35. The maximum atomic E-state index is 13.8. The van der Waals surface area contributed by atoms with Gasteiger partial charge in [0.05, 0.1) is 11.3 Å². The highest BCUT2D eigenvalue weighted by Gasteiger charge is 2.33. The number of hydrogen-bond donors (Lipinski definition) is 1. The number of aromatic nitrogens is 1. The lowest BCUT2D eigenvalue weighted by molar-refractivity contribution is -0.0187. The van der Waals surface area contributed by atoms with Crippen LogP contribution in [-0.2, 0) is 12.3 Å². The van der Waals surface area contributed by atoms with Crippen LogP contribution < -0.4 is 0 Å². The first-order chi connectivity index (χ1) is 8.33. The summed E-state index contributed by atoms with van der Waals surface area (Å²) in [6, 6.07) is 1.21. The maximum Gasteiger partial charge on any atom is 0.337 e. The topological polar surface area (TPSA) is 50.2 Å². The molecule has 1 rings (SSSR count). The largest absolute Gasteiger partial charge is 0.478 e. The molecule has 1 N–H and O–H groups in total. The monoisotopic (exact) mass is 257 g/mol. The van der Waals surface area contributed by atoms with E-state index in [-0.39, 0.29) is 23.4 Å². The fourth-order valence-corrected chi connectivity index (χ4v) is 1.94. The van der Waals surface area contributed by atoms with E-state index in [9.17, 15) is 13.6 Å². The first kappa shape index (κ1) is 14.5. The summed E-state index contributed by atoms with van der Waals surface area (Å²) in [5, 5.41) is 9.05. The van der Waals surface area contributed by atoms with Crippen molar-refractivity contribution in [3.63, 3.8) is 0 Å². The molecule has 100 valence electrons. The van der Waals surface area contributed by atoms with Crippen molar-refractivity contribution in [3.8, 4) is 0 Å². The predicted molar refractivity (Wildman–Crippen MR) is 64.1 cm³/mol. The van der Waals surface area contributed by atoms with Gasteiger partial charge < -0.3 is 5.11 Å². The summed E-state index contributed by atoms with van der Waals surface area (Å²) >= 11 is 0. The number of rotatable bonds is 5. The van der Waals surface area contributed by atoms with Crippen molar-refractivity contribution in [1.82, 2.24) is 4.98 Å². The third-order valence-electron chi connectivity index (χ3n) is 2.82. The number of halogens is 2. The van der Waals surface area contributed by atoms with Crippen molar-refractivity contribution in [2.45, 2.75) is 46.0 Å². The minimum absolute atomic E-state index is 0.0357. The van der Waals surface area contributed by atoms with Gasteiger partial charge in [0.1, 0.15) is 5.69 Å². The number of hydrogen-bond acceptors (Lipinski definition) is 2. The Morgan fingerprint density at radius 3 is 2.50 bits per heavy atom. The minimum atomic E-state index is -3.00. The molecule has 0 bridgehead atoms. The van der Waals surface area contributed by atoms with Crippen LogP contribution in [0.4, 0.5) is 8.78 Å². The Kier molecular flexibility index (Phi) is 4.38. The van der Waals surface area contributed by atoms with E-state index in [0.717, 1.165) is 0 Å². The van der Waals surface area contributed by atoms with Crippen LogP contribution in [0.3, 0.4) is 0 Å². The van der Waals surface area contributed by atoms with E-state index in [0.29, 0.717) is 18.4 Å². The second kappa shape index (κ2) is 5.42. The zero-order chi connectivity index (χ0) is 13.9. The lowest BCUT2D eigenvalue weighted by atomic mass is 10.00. The molecule has 0 saturated heterocycles. The molecular formula is C13H17F2NO2. The highest BCUT2D eigenvalue weighted by molar-refractivity contribution is 5.90. The van der Waals surface area contributed by atoms with Gasteiger partial charge in [0.25, 0.3) is 5.92 Å². The molecule has 0 atom stereocenters. The van der Waals surface area contributed by atoms with Crippen LogP contribution in [0, 0.1) is 6.92 Å². The van der Waals surface area contributed by atoms with Gasteiger partial charge in [-0.25, -0.2) is 4.79 Å². The van der Waals surface area contributed by atoms with Crippen molar-refractivity contribution in [2.75, 3.05) is 0 Å². The number of carbonyl (C=O) groups is 1. The number of pyridine rings is 1. The van der Waals surface area contributed by atoms with Crippen molar-refractivity contribution in [1.29, 1.82) is 0 Å². The van der Waals surface area contributed by atoms with Crippen molar-refractivity contribution >= 4 is 5.97 Å². The molecule has 0 aromatic carbocycles. The number of aryl methyl sites for hydroxylation is 2. The highest BCUT2D eigenvalue weighted by Crippen LogP contribution is 2.33. The Morgan fingerprint density at radius 1 is 1.44 bits per heavy atom. The first-order valence-corrected chi connectivity index (χ1v) is 5.95. The Hall–Kier alpha value is -1.52. The van der Waals surface area contributed by atoms with Crippen LogP contribution in [-0.4, -0.2) is 16.1 Å². The predicted octanol–water partition coefficient (Wildman–Crippen LogP) is 3.54. The smallest absolute Gasteiger partial charge is 0.337 e. The Labute approximate surface area is 105 Å². The first-order valence-electron chi connectivity index (χ1n) is 5.95. The second-order valence-electron chi connectivity index (χ2n) is 4.24. The van der Waals surface area contributed by atoms with E-state index in [1.165, 1.54) is 13.0 Å². The minimum Gasteiger partial charge on any atom is -0.478 e. The standard InChI is InChI=1S/C13H17F2NO2/c1-4-6-13(14,15)10-7-9(5-2)11(12(17)18)8(3)16-10/h7H,4-6H2,1-3H3,(H,17,18). The fourth-order valence-electron chi connectivity index (χ4n) is 1.94. The summed E-state index contributed by atoms with van der Waals surface area (Å²) in [5.41, 5.74) is 0.255. The maximum absolute atomic E-state index is 13.8. The fraction of sp³-hybridized carbons (Fsp3) is 0.538. The zero-order valence-corrected chi connectivity index (χ0v) is 10.8. The van der Waals surface area contributed by atoms with Gasteiger partial charge >= 0.3 is 5.97 Å². The zero-order valence-electron chi connectivity index (χ0n) is 10.8. The molecule has 0 aliphatic heterocycles. The molecule has 18 heavy (non-hydrogen) atoms. The number of nitrogens with zero attached hydrogens (tertiary/aromatic N) is 1. The van der Waals surface area contributed by atoms with Gasteiger partial charge in [0.2, 0.25) is 0 Å². The van der Waals surface area contributed by atoms with E-state index in [4.69, 9.17) is 5.11 Å². The molecule has 0 radical (unpaired) electrons.